The molecule has 0 amide bonds. The Kier molecular flexibility index (Phi) is 4.30. The van der Waals surface area contributed by atoms with E-state index in [4.69, 9.17) is 11.5 Å². The minimum atomic E-state index is 0.715. The molecule has 0 heterocycles. The summed E-state index contributed by atoms with van der Waals surface area (Å²) >= 11 is 0. The molecule has 0 aliphatic carbocycles. The average Bonchev–Trinajstić information content (AvgIpc) is 2.19. The third kappa shape index (κ3) is 2.58. The van der Waals surface area contributed by atoms with Crippen LogP contribution in [0, 0.1) is 20.8 Å². The molecule has 1 aromatic carbocycles. The van der Waals surface area contributed by atoms with Crippen LogP contribution in [-0.2, 0) is 12.8 Å². The van der Waals surface area contributed by atoms with E-state index in [-0.39, 0.29) is 0 Å². The summed E-state index contributed by atoms with van der Waals surface area (Å²) in [5.41, 5.74) is 18.2. The molecule has 84 valence electrons. The summed E-state index contributed by atoms with van der Waals surface area (Å²) in [6, 6.07) is 2.25. The Labute approximate surface area is 92.7 Å². The van der Waals surface area contributed by atoms with E-state index in [9.17, 15) is 0 Å². The predicted octanol–water partition coefficient (Wildman–Crippen LogP) is 1.61. The molecule has 0 spiro atoms. The highest BCUT2D eigenvalue weighted by atomic mass is 14.5. The maximum atomic E-state index is 5.64. The van der Waals surface area contributed by atoms with Crippen LogP contribution >= 0.6 is 0 Å². The first-order valence-corrected chi connectivity index (χ1v) is 5.60. The van der Waals surface area contributed by atoms with Crippen LogP contribution in [-0.4, -0.2) is 13.1 Å². The van der Waals surface area contributed by atoms with Gasteiger partial charge in [-0.15, -0.1) is 0 Å². The first-order valence-electron chi connectivity index (χ1n) is 5.60. The second-order valence-electron chi connectivity index (χ2n) is 4.17. The van der Waals surface area contributed by atoms with Gasteiger partial charge in [-0.3, -0.25) is 0 Å². The van der Waals surface area contributed by atoms with Gasteiger partial charge in [0, 0.05) is 0 Å². The summed E-state index contributed by atoms with van der Waals surface area (Å²) in [5.74, 6) is 0. The fourth-order valence-corrected chi connectivity index (χ4v) is 2.33. The van der Waals surface area contributed by atoms with Crippen LogP contribution in [0.5, 0.6) is 0 Å². The van der Waals surface area contributed by atoms with E-state index < -0.39 is 0 Å². The monoisotopic (exact) mass is 206 g/mol. The third-order valence-corrected chi connectivity index (χ3v) is 3.08. The molecule has 0 saturated heterocycles. The fourth-order valence-electron chi connectivity index (χ4n) is 2.33. The zero-order chi connectivity index (χ0) is 11.4. The van der Waals surface area contributed by atoms with Gasteiger partial charge in [-0.1, -0.05) is 6.07 Å². The van der Waals surface area contributed by atoms with E-state index in [1.54, 1.807) is 0 Å². The number of hydrogen-bond acceptors (Lipinski definition) is 2. The van der Waals surface area contributed by atoms with E-state index in [2.05, 4.69) is 26.8 Å². The molecule has 0 atom stereocenters. The molecular weight excluding hydrogens is 184 g/mol. The first kappa shape index (κ1) is 12.2. The van der Waals surface area contributed by atoms with Crippen molar-refractivity contribution in [3.8, 4) is 0 Å². The minimum absolute atomic E-state index is 0.715. The largest absolute Gasteiger partial charge is 0.330 e. The highest BCUT2D eigenvalue weighted by molar-refractivity contribution is 5.45. The van der Waals surface area contributed by atoms with Gasteiger partial charge in [0.2, 0.25) is 0 Å². The summed E-state index contributed by atoms with van der Waals surface area (Å²) in [7, 11) is 0. The van der Waals surface area contributed by atoms with E-state index in [1.165, 1.54) is 27.8 Å². The molecule has 0 aliphatic rings. The molecule has 2 heteroatoms. The van der Waals surface area contributed by atoms with E-state index in [0.29, 0.717) is 13.1 Å². The molecule has 1 rings (SSSR count). The van der Waals surface area contributed by atoms with Crippen LogP contribution in [0.15, 0.2) is 6.07 Å². The van der Waals surface area contributed by atoms with Crippen molar-refractivity contribution in [2.75, 3.05) is 13.1 Å². The summed E-state index contributed by atoms with van der Waals surface area (Å²) in [4.78, 5) is 0. The highest BCUT2D eigenvalue weighted by Gasteiger charge is 2.09. The number of aryl methyl sites for hydroxylation is 2. The smallest absolute Gasteiger partial charge is 0.00365 e. The molecular formula is C13H22N2. The van der Waals surface area contributed by atoms with Crippen molar-refractivity contribution in [2.24, 2.45) is 11.5 Å². The maximum Gasteiger partial charge on any atom is -0.00365 e. The maximum absolute atomic E-state index is 5.64. The molecule has 2 nitrogen and oxygen atoms in total. The average molecular weight is 206 g/mol. The lowest BCUT2D eigenvalue weighted by molar-refractivity contribution is 0.905. The topological polar surface area (TPSA) is 52.0 Å². The normalized spacial score (nSPS) is 10.7. The van der Waals surface area contributed by atoms with Gasteiger partial charge in [-0.05, 0) is 74.5 Å². The van der Waals surface area contributed by atoms with Crippen molar-refractivity contribution in [1.82, 2.24) is 0 Å². The van der Waals surface area contributed by atoms with Crippen LogP contribution in [0.25, 0.3) is 0 Å². The Morgan fingerprint density at radius 2 is 1.27 bits per heavy atom. The van der Waals surface area contributed by atoms with Crippen LogP contribution in [0.1, 0.15) is 27.8 Å². The molecule has 4 N–H and O–H groups in total. The van der Waals surface area contributed by atoms with Crippen molar-refractivity contribution < 1.29 is 0 Å². The Hall–Kier alpha value is -0.860. The van der Waals surface area contributed by atoms with Crippen LogP contribution in [0.3, 0.4) is 0 Å². The minimum Gasteiger partial charge on any atom is -0.330 e. The number of hydrogen-bond donors (Lipinski definition) is 2. The molecule has 0 aliphatic heterocycles. The predicted molar refractivity (Wildman–Crippen MR) is 66.2 cm³/mol. The molecule has 0 radical (unpaired) electrons. The number of rotatable bonds is 4. The lowest BCUT2D eigenvalue weighted by atomic mass is 9.90. The van der Waals surface area contributed by atoms with Gasteiger partial charge in [0.05, 0.1) is 0 Å². The van der Waals surface area contributed by atoms with E-state index in [0.717, 1.165) is 12.8 Å². The first-order chi connectivity index (χ1) is 7.11. The third-order valence-electron chi connectivity index (χ3n) is 3.08. The number of nitrogens with two attached hydrogens (primary N) is 2. The van der Waals surface area contributed by atoms with Gasteiger partial charge in [0.15, 0.2) is 0 Å². The Bertz CT molecular complexity index is 313. The van der Waals surface area contributed by atoms with E-state index >= 15 is 0 Å². The lowest BCUT2D eigenvalue weighted by Crippen LogP contribution is -2.11. The van der Waals surface area contributed by atoms with Gasteiger partial charge in [0.25, 0.3) is 0 Å². The van der Waals surface area contributed by atoms with Crippen LogP contribution < -0.4 is 11.5 Å². The van der Waals surface area contributed by atoms with Crippen LogP contribution in [0.4, 0.5) is 0 Å². The molecule has 0 aromatic heterocycles. The van der Waals surface area contributed by atoms with Gasteiger partial charge in [0.1, 0.15) is 0 Å². The number of benzene rings is 1. The Balaban J connectivity index is 3.22. The quantitative estimate of drug-likeness (QED) is 0.786. The zero-order valence-corrected chi connectivity index (χ0v) is 10.1. The van der Waals surface area contributed by atoms with Crippen molar-refractivity contribution in [3.63, 3.8) is 0 Å². The highest BCUT2D eigenvalue weighted by Crippen LogP contribution is 2.22. The second-order valence-corrected chi connectivity index (χ2v) is 4.17. The second kappa shape index (κ2) is 5.29. The fraction of sp³-hybridized carbons (Fsp3) is 0.538. The molecule has 0 unspecified atom stereocenters. The molecule has 15 heavy (non-hydrogen) atoms. The summed E-state index contributed by atoms with van der Waals surface area (Å²) in [6.45, 7) is 7.95. The van der Waals surface area contributed by atoms with Gasteiger partial charge >= 0.3 is 0 Å². The Morgan fingerprint density at radius 1 is 0.867 bits per heavy atom. The summed E-state index contributed by atoms with van der Waals surface area (Å²) in [5, 5.41) is 0. The SMILES string of the molecule is Cc1cc(C)c(CCN)c(C)c1CCN. The van der Waals surface area contributed by atoms with Crippen LogP contribution in [0.2, 0.25) is 0 Å². The molecule has 1 aromatic rings. The summed E-state index contributed by atoms with van der Waals surface area (Å²) in [6.07, 6.45) is 1.94. The van der Waals surface area contributed by atoms with Gasteiger partial charge < -0.3 is 11.5 Å². The van der Waals surface area contributed by atoms with E-state index in [1.807, 2.05) is 0 Å². The van der Waals surface area contributed by atoms with Gasteiger partial charge in [-0.25, -0.2) is 0 Å². The standard InChI is InChI=1S/C13H22N2/c1-9-8-10(2)13(5-7-15)11(3)12(9)4-6-14/h8H,4-7,14-15H2,1-3H3. The van der Waals surface area contributed by atoms with Crippen molar-refractivity contribution in [2.45, 2.75) is 33.6 Å². The Morgan fingerprint density at radius 3 is 1.60 bits per heavy atom. The van der Waals surface area contributed by atoms with Gasteiger partial charge in [-0.2, -0.15) is 0 Å². The molecule has 0 fully saturated rings. The van der Waals surface area contributed by atoms with Crippen molar-refractivity contribution >= 4 is 0 Å². The summed E-state index contributed by atoms with van der Waals surface area (Å²) < 4.78 is 0. The zero-order valence-electron chi connectivity index (χ0n) is 10.1. The van der Waals surface area contributed by atoms with Crippen molar-refractivity contribution in [3.05, 3.63) is 33.9 Å². The van der Waals surface area contributed by atoms with Crippen molar-refractivity contribution in [1.29, 1.82) is 0 Å². The lowest BCUT2D eigenvalue weighted by Gasteiger charge is -2.16. The molecule has 0 bridgehead atoms. The molecule has 0 saturated carbocycles.